The molecule has 0 unspecified atom stereocenters. The van der Waals surface area contributed by atoms with Crippen LogP contribution in [0.15, 0.2) is 24.4 Å². The minimum absolute atomic E-state index is 0.0284. The van der Waals surface area contributed by atoms with Crippen molar-refractivity contribution in [3.05, 3.63) is 35.8 Å². The molecule has 0 bridgehead atoms. The van der Waals surface area contributed by atoms with Crippen LogP contribution in [0.1, 0.15) is 93.9 Å². The summed E-state index contributed by atoms with van der Waals surface area (Å²) in [7, 11) is 0. The van der Waals surface area contributed by atoms with Crippen LogP contribution in [-0.2, 0) is 0 Å². The van der Waals surface area contributed by atoms with Crippen molar-refractivity contribution in [1.29, 1.82) is 5.26 Å². The van der Waals surface area contributed by atoms with Gasteiger partial charge in [0.05, 0.1) is 28.6 Å². The predicted molar refractivity (Wildman–Crippen MR) is 139 cm³/mol. The highest BCUT2D eigenvalue weighted by molar-refractivity contribution is 5.99. The zero-order chi connectivity index (χ0) is 25.4. The van der Waals surface area contributed by atoms with Crippen LogP contribution in [0.25, 0.3) is 22.2 Å². The molecule has 1 N–H and O–H groups in total. The van der Waals surface area contributed by atoms with Crippen LogP contribution < -0.4 is 4.90 Å². The first-order chi connectivity index (χ1) is 17.3. The number of hydrogen-bond donors (Lipinski definition) is 1. The van der Waals surface area contributed by atoms with E-state index >= 15 is 0 Å². The molecule has 2 aliphatic rings. The number of aromatic carboxylic acids is 1. The van der Waals surface area contributed by atoms with Crippen molar-refractivity contribution in [2.24, 2.45) is 5.41 Å². The molecule has 1 saturated heterocycles. The van der Waals surface area contributed by atoms with E-state index in [1.54, 1.807) is 6.07 Å². The standard InChI is InChI=1S/C28H34N6O2/c1-18(2)25-24-21(19-9-10-23(30-16-19)33-13-11-28(3,17-29)12-14-33)15-22(27(35)36)31-26(24)34(32-25)20-7-5-4-6-8-20/h9-10,15-16,18,20H,4-8,11-14H2,1-3H3,(H,35,36). The Balaban J connectivity index is 1.58. The Hall–Kier alpha value is -3.47. The zero-order valence-electron chi connectivity index (χ0n) is 21.4. The van der Waals surface area contributed by atoms with Crippen molar-refractivity contribution < 1.29 is 9.90 Å². The lowest BCUT2D eigenvalue weighted by Gasteiger charge is -2.35. The number of carbonyl (C=O) groups is 1. The van der Waals surface area contributed by atoms with Crippen LogP contribution in [-0.4, -0.2) is 43.9 Å². The van der Waals surface area contributed by atoms with E-state index in [0.717, 1.165) is 79.6 Å². The fraction of sp³-hybridized carbons (Fsp3) is 0.536. The molecule has 36 heavy (non-hydrogen) atoms. The summed E-state index contributed by atoms with van der Waals surface area (Å²) < 4.78 is 2.00. The monoisotopic (exact) mass is 486 g/mol. The van der Waals surface area contributed by atoms with Crippen LogP contribution >= 0.6 is 0 Å². The fourth-order valence-corrected chi connectivity index (χ4v) is 5.56. The molecule has 5 rings (SSSR count). The van der Waals surface area contributed by atoms with Gasteiger partial charge in [0.1, 0.15) is 5.82 Å². The maximum absolute atomic E-state index is 12.1. The molecule has 188 valence electrons. The SMILES string of the molecule is CC(C)c1nn(C2CCCCC2)c2nc(C(=O)O)cc(-c3ccc(N4CCC(C)(C#N)CC4)nc3)c12. The Kier molecular flexibility index (Phi) is 6.42. The van der Waals surface area contributed by atoms with E-state index in [-0.39, 0.29) is 23.1 Å². The van der Waals surface area contributed by atoms with E-state index in [1.165, 1.54) is 6.42 Å². The third-order valence-corrected chi connectivity index (χ3v) is 7.90. The topological polar surface area (TPSA) is 108 Å². The van der Waals surface area contributed by atoms with E-state index in [9.17, 15) is 15.2 Å². The molecular formula is C28H34N6O2. The number of fused-ring (bicyclic) bond motifs is 1. The fourth-order valence-electron chi connectivity index (χ4n) is 5.56. The van der Waals surface area contributed by atoms with Gasteiger partial charge in [0.2, 0.25) is 0 Å². The minimum atomic E-state index is -1.04. The molecule has 3 aromatic rings. The van der Waals surface area contributed by atoms with Gasteiger partial charge >= 0.3 is 5.97 Å². The second-order valence-corrected chi connectivity index (χ2v) is 10.9. The zero-order valence-corrected chi connectivity index (χ0v) is 21.4. The number of pyridine rings is 2. The first kappa shape index (κ1) is 24.2. The van der Waals surface area contributed by atoms with E-state index in [2.05, 4.69) is 29.8 Å². The maximum Gasteiger partial charge on any atom is 0.354 e. The highest BCUT2D eigenvalue weighted by atomic mass is 16.4. The summed E-state index contributed by atoms with van der Waals surface area (Å²) in [6, 6.07) is 8.37. The average molecular weight is 487 g/mol. The minimum Gasteiger partial charge on any atom is -0.477 e. The molecule has 3 aromatic heterocycles. The lowest BCUT2D eigenvalue weighted by Crippen LogP contribution is -2.38. The highest BCUT2D eigenvalue weighted by Gasteiger charge is 2.31. The second-order valence-electron chi connectivity index (χ2n) is 10.9. The van der Waals surface area contributed by atoms with Crippen LogP contribution in [0.4, 0.5) is 5.82 Å². The number of nitrogens with zero attached hydrogens (tertiary/aromatic N) is 6. The summed E-state index contributed by atoms with van der Waals surface area (Å²) in [6.07, 6.45) is 9.09. The molecule has 0 radical (unpaired) electrons. The lowest BCUT2D eigenvalue weighted by atomic mass is 9.82. The van der Waals surface area contributed by atoms with Crippen molar-refractivity contribution in [2.45, 2.75) is 77.7 Å². The smallest absolute Gasteiger partial charge is 0.354 e. The Morgan fingerprint density at radius 2 is 1.92 bits per heavy atom. The summed E-state index contributed by atoms with van der Waals surface area (Å²) in [4.78, 5) is 23.6. The van der Waals surface area contributed by atoms with Crippen molar-refractivity contribution in [1.82, 2.24) is 19.7 Å². The largest absolute Gasteiger partial charge is 0.477 e. The molecule has 0 aromatic carbocycles. The van der Waals surface area contributed by atoms with Crippen molar-refractivity contribution in [2.75, 3.05) is 18.0 Å². The van der Waals surface area contributed by atoms with Gasteiger partial charge in [0.25, 0.3) is 0 Å². The predicted octanol–water partition coefficient (Wildman–Crippen LogP) is 5.95. The first-order valence-corrected chi connectivity index (χ1v) is 13.1. The van der Waals surface area contributed by atoms with E-state index in [1.807, 2.05) is 29.9 Å². The van der Waals surface area contributed by atoms with Crippen molar-refractivity contribution in [3.63, 3.8) is 0 Å². The number of nitriles is 1. The Morgan fingerprint density at radius 1 is 1.19 bits per heavy atom. The van der Waals surface area contributed by atoms with Gasteiger partial charge in [-0.05, 0) is 62.3 Å². The summed E-state index contributed by atoms with van der Waals surface area (Å²) in [5, 5.41) is 25.2. The van der Waals surface area contributed by atoms with Crippen molar-refractivity contribution >= 4 is 22.8 Å². The van der Waals surface area contributed by atoms with E-state index < -0.39 is 5.97 Å². The molecular weight excluding hydrogens is 452 g/mol. The third-order valence-electron chi connectivity index (χ3n) is 7.90. The van der Waals surface area contributed by atoms with Gasteiger partial charge in [-0.15, -0.1) is 0 Å². The van der Waals surface area contributed by atoms with Crippen LogP contribution in [0.5, 0.6) is 0 Å². The first-order valence-electron chi connectivity index (χ1n) is 13.1. The third kappa shape index (κ3) is 4.43. The van der Waals surface area contributed by atoms with Gasteiger partial charge in [0.15, 0.2) is 11.3 Å². The molecule has 8 nitrogen and oxygen atoms in total. The average Bonchev–Trinajstić information content (AvgIpc) is 3.29. The van der Waals surface area contributed by atoms with Gasteiger partial charge in [0, 0.05) is 24.8 Å². The van der Waals surface area contributed by atoms with Crippen LogP contribution in [0, 0.1) is 16.7 Å². The Labute approximate surface area is 212 Å². The maximum atomic E-state index is 12.1. The number of carboxylic acids is 1. The number of piperidine rings is 1. The molecule has 8 heteroatoms. The Morgan fingerprint density at radius 3 is 2.50 bits per heavy atom. The van der Waals surface area contributed by atoms with Gasteiger partial charge in [-0.1, -0.05) is 33.1 Å². The van der Waals surface area contributed by atoms with Gasteiger partial charge in [-0.3, -0.25) is 0 Å². The summed E-state index contributed by atoms with van der Waals surface area (Å²) in [5.41, 5.74) is 3.05. The summed E-state index contributed by atoms with van der Waals surface area (Å²) in [6.45, 7) is 7.86. The van der Waals surface area contributed by atoms with Crippen LogP contribution in [0.3, 0.4) is 0 Å². The molecule has 1 aliphatic heterocycles. The van der Waals surface area contributed by atoms with Gasteiger partial charge in [-0.2, -0.15) is 10.4 Å². The number of hydrogen-bond acceptors (Lipinski definition) is 6. The van der Waals surface area contributed by atoms with E-state index in [0.29, 0.717) is 5.65 Å². The highest BCUT2D eigenvalue weighted by Crippen LogP contribution is 2.38. The summed E-state index contributed by atoms with van der Waals surface area (Å²) in [5.74, 6) is 0.00663. The Bertz CT molecular complexity index is 1310. The number of rotatable bonds is 5. The van der Waals surface area contributed by atoms with Gasteiger partial charge < -0.3 is 10.0 Å². The molecule has 1 aliphatic carbocycles. The quantitative estimate of drug-likeness (QED) is 0.475. The molecule has 4 heterocycles. The number of anilines is 1. The van der Waals surface area contributed by atoms with E-state index in [4.69, 9.17) is 10.1 Å². The molecule has 1 saturated carbocycles. The molecule has 0 spiro atoms. The molecule has 2 fully saturated rings. The van der Waals surface area contributed by atoms with Gasteiger partial charge in [-0.25, -0.2) is 19.4 Å². The second kappa shape index (κ2) is 9.53. The van der Waals surface area contributed by atoms with Crippen LogP contribution in [0.2, 0.25) is 0 Å². The molecule has 0 amide bonds. The lowest BCUT2D eigenvalue weighted by molar-refractivity contribution is 0.0691. The van der Waals surface area contributed by atoms with Crippen molar-refractivity contribution in [3.8, 4) is 17.2 Å². The normalized spacial score (nSPS) is 18.5. The summed E-state index contributed by atoms with van der Waals surface area (Å²) >= 11 is 0. The number of aromatic nitrogens is 4. The molecule has 0 atom stereocenters. The number of carboxylic acid groups (broad SMARTS) is 1.